The highest BCUT2D eigenvalue weighted by Gasteiger charge is 2.30. The second-order valence-corrected chi connectivity index (χ2v) is 8.01. The molecular formula is C17H31N5O. The summed E-state index contributed by atoms with van der Waals surface area (Å²) in [5, 5.41) is 7.50. The van der Waals surface area contributed by atoms with Crippen LogP contribution >= 0.6 is 0 Å². The summed E-state index contributed by atoms with van der Waals surface area (Å²) in [6.45, 7) is 14.9. The van der Waals surface area contributed by atoms with Gasteiger partial charge in [0.2, 0.25) is 0 Å². The van der Waals surface area contributed by atoms with Gasteiger partial charge in [-0.15, -0.1) is 0 Å². The third kappa shape index (κ3) is 4.11. The molecule has 0 spiro atoms. The molecule has 2 aliphatic rings. The Morgan fingerprint density at radius 2 is 1.96 bits per heavy atom. The summed E-state index contributed by atoms with van der Waals surface area (Å²) >= 11 is 0. The largest absolute Gasteiger partial charge is 0.381 e. The Balaban J connectivity index is 1.55. The van der Waals surface area contributed by atoms with Crippen LogP contribution in [0.3, 0.4) is 0 Å². The number of hydrogen-bond acceptors (Lipinski definition) is 5. The lowest BCUT2D eigenvalue weighted by atomic mass is 9.96. The van der Waals surface area contributed by atoms with Gasteiger partial charge in [0, 0.05) is 50.3 Å². The van der Waals surface area contributed by atoms with E-state index in [1.807, 2.05) is 0 Å². The van der Waals surface area contributed by atoms with Crippen LogP contribution in [0.5, 0.6) is 0 Å². The van der Waals surface area contributed by atoms with Gasteiger partial charge < -0.3 is 4.74 Å². The first-order chi connectivity index (χ1) is 10.9. The predicted molar refractivity (Wildman–Crippen MR) is 90.4 cm³/mol. The second-order valence-electron chi connectivity index (χ2n) is 8.01. The maximum Gasteiger partial charge on any atom is 0.156 e. The van der Waals surface area contributed by atoms with Crippen molar-refractivity contribution < 1.29 is 4.74 Å². The Morgan fingerprint density at radius 1 is 1.22 bits per heavy atom. The van der Waals surface area contributed by atoms with Crippen molar-refractivity contribution in [3.05, 3.63) is 11.6 Å². The molecule has 0 unspecified atom stereocenters. The summed E-state index contributed by atoms with van der Waals surface area (Å²) in [5.41, 5.74) is 0.00210. The van der Waals surface area contributed by atoms with Crippen molar-refractivity contribution in [2.75, 3.05) is 32.8 Å². The molecule has 6 heteroatoms. The number of H-pyrrole nitrogens is 1. The molecule has 1 aromatic rings. The number of ether oxygens (including phenoxy) is 1. The van der Waals surface area contributed by atoms with Gasteiger partial charge in [-0.1, -0.05) is 20.8 Å². The summed E-state index contributed by atoms with van der Waals surface area (Å²) < 4.78 is 5.49. The quantitative estimate of drug-likeness (QED) is 0.920. The second kappa shape index (κ2) is 6.87. The molecule has 23 heavy (non-hydrogen) atoms. The van der Waals surface area contributed by atoms with E-state index in [1.54, 1.807) is 0 Å². The normalized spacial score (nSPS) is 25.8. The number of hydrogen-bond donors (Lipinski definition) is 1. The summed E-state index contributed by atoms with van der Waals surface area (Å²) in [6.07, 6.45) is 2.37. The summed E-state index contributed by atoms with van der Waals surface area (Å²) in [4.78, 5) is 9.85. The first-order valence-electron chi connectivity index (χ1n) is 8.91. The standard InChI is InChI=1S/C17H31N5O/c1-13-11-22(14-5-9-23-10-6-14)8-7-21(13)12-15-18-16(20-19-15)17(2,3)4/h13-14H,5-12H2,1-4H3,(H,18,19,20)/t13-/m1/s1. The average molecular weight is 321 g/mol. The third-order valence-corrected chi connectivity index (χ3v) is 5.06. The fraction of sp³-hybridized carbons (Fsp3) is 0.882. The predicted octanol–water partition coefficient (Wildman–Crippen LogP) is 1.79. The molecule has 0 aromatic carbocycles. The van der Waals surface area contributed by atoms with E-state index in [2.05, 4.69) is 52.7 Å². The maximum absolute atomic E-state index is 5.49. The molecule has 0 bridgehead atoms. The van der Waals surface area contributed by atoms with Crippen molar-refractivity contribution in [2.45, 2.75) is 64.6 Å². The van der Waals surface area contributed by atoms with Crippen LogP contribution in [0.4, 0.5) is 0 Å². The topological polar surface area (TPSA) is 57.3 Å². The highest BCUT2D eigenvalue weighted by Crippen LogP contribution is 2.21. The van der Waals surface area contributed by atoms with E-state index in [0.717, 1.165) is 51.0 Å². The van der Waals surface area contributed by atoms with E-state index in [1.165, 1.54) is 12.8 Å². The van der Waals surface area contributed by atoms with E-state index in [-0.39, 0.29) is 5.41 Å². The van der Waals surface area contributed by atoms with Crippen LogP contribution in [-0.4, -0.2) is 69.9 Å². The van der Waals surface area contributed by atoms with Crippen molar-refractivity contribution in [2.24, 2.45) is 0 Å². The molecule has 2 aliphatic heterocycles. The minimum Gasteiger partial charge on any atom is -0.381 e. The van der Waals surface area contributed by atoms with Gasteiger partial charge in [0.15, 0.2) is 5.82 Å². The van der Waals surface area contributed by atoms with Crippen LogP contribution in [0.1, 0.15) is 52.2 Å². The Morgan fingerprint density at radius 3 is 2.57 bits per heavy atom. The Bertz CT molecular complexity index is 503. The van der Waals surface area contributed by atoms with Gasteiger partial charge in [-0.3, -0.25) is 14.9 Å². The van der Waals surface area contributed by atoms with Gasteiger partial charge in [-0.25, -0.2) is 4.98 Å². The minimum atomic E-state index is 0.00210. The number of nitrogens with zero attached hydrogens (tertiary/aromatic N) is 4. The molecule has 1 N–H and O–H groups in total. The van der Waals surface area contributed by atoms with Crippen LogP contribution in [-0.2, 0) is 16.7 Å². The van der Waals surface area contributed by atoms with Crippen molar-refractivity contribution in [3.8, 4) is 0 Å². The van der Waals surface area contributed by atoms with E-state index in [0.29, 0.717) is 12.1 Å². The Hall–Kier alpha value is -0.980. The maximum atomic E-state index is 5.49. The molecule has 1 atom stereocenters. The highest BCUT2D eigenvalue weighted by atomic mass is 16.5. The summed E-state index contributed by atoms with van der Waals surface area (Å²) in [6, 6.07) is 1.26. The molecule has 3 heterocycles. The number of piperazine rings is 1. The lowest BCUT2D eigenvalue weighted by Gasteiger charge is -2.44. The van der Waals surface area contributed by atoms with E-state index >= 15 is 0 Å². The first-order valence-corrected chi connectivity index (χ1v) is 8.91. The van der Waals surface area contributed by atoms with Crippen LogP contribution < -0.4 is 0 Å². The van der Waals surface area contributed by atoms with Crippen molar-refractivity contribution in [3.63, 3.8) is 0 Å². The van der Waals surface area contributed by atoms with E-state index in [9.17, 15) is 0 Å². The molecule has 130 valence electrons. The summed E-state index contributed by atoms with van der Waals surface area (Å²) in [7, 11) is 0. The lowest BCUT2D eigenvalue weighted by molar-refractivity contribution is -0.00394. The molecule has 3 rings (SSSR count). The van der Waals surface area contributed by atoms with Crippen molar-refractivity contribution in [1.29, 1.82) is 0 Å². The van der Waals surface area contributed by atoms with Gasteiger partial charge >= 0.3 is 0 Å². The zero-order valence-electron chi connectivity index (χ0n) is 15.0. The first kappa shape index (κ1) is 16.9. The molecule has 2 fully saturated rings. The molecule has 1 aromatic heterocycles. The fourth-order valence-corrected chi connectivity index (χ4v) is 3.53. The number of aromatic nitrogens is 3. The molecule has 2 saturated heterocycles. The molecule has 6 nitrogen and oxygen atoms in total. The van der Waals surface area contributed by atoms with Gasteiger partial charge in [0.1, 0.15) is 5.82 Å². The molecule has 0 aliphatic carbocycles. The zero-order chi connectivity index (χ0) is 16.4. The van der Waals surface area contributed by atoms with Crippen LogP contribution in [0, 0.1) is 0 Å². The van der Waals surface area contributed by atoms with Gasteiger partial charge in [-0.2, -0.15) is 5.10 Å². The number of aromatic amines is 1. The van der Waals surface area contributed by atoms with Crippen molar-refractivity contribution >= 4 is 0 Å². The third-order valence-electron chi connectivity index (χ3n) is 5.06. The summed E-state index contributed by atoms with van der Waals surface area (Å²) in [5.74, 6) is 1.89. The van der Waals surface area contributed by atoms with Gasteiger partial charge in [0.25, 0.3) is 0 Å². The average Bonchev–Trinajstić information content (AvgIpc) is 2.99. The monoisotopic (exact) mass is 321 g/mol. The van der Waals surface area contributed by atoms with Gasteiger partial charge in [0.05, 0.1) is 6.54 Å². The van der Waals surface area contributed by atoms with Crippen LogP contribution in [0.25, 0.3) is 0 Å². The molecule has 0 amide bonds. The van der Waals surface area contributed by atoms with E-state index < -0.39 is 0 Å². The van der Waals surface area contributed by atoms with Gasteiger partial charge in [-0.05, 0) is 19.8 Å². The highest BCUT2D eigenvalue weighted by molar-refractivity contribution is 5.02. The van der Waals surface area contributed by atoms with Crippen molar-refractivity contribution in [1.82, 2.24) is 25.0 Å². The molecule has 0 saturated carbocycles. The van der Waals surface area contributed by atoms with Crippen LogP contribution in [0.2, 0.25) is 0 Å². The zero-order valence-corrected chi connectivity index (χ0v) is 15.0. The van der Waals surface area contributed by atoms with E-state index in [4.69, 9.17) is 4.74 Å². The number of nitrogens with one attached hydrogen (secondary N) is 1. The minimum absolute atomic E-state index is 0.00210. The Kier molecular flexibility index (Phi) is 5.04. The molecule has 0 radical (unpaired) electrons. The molecular weight excluding hydrogens is 290 g/mol. The van der Waals surface area contributed by atoms with Crippen LogP contribution in [0.15, 0.2) is 0 Å². The fourth-order valence-electron chi connectivity index (χ4n) is 3.53. The SMILES string of the molecule is C[C@@H]1CN(C2CCOCC2)CCN1Cc1nc(C(C)(C)C)n[nH]1. The number of rotatable bonds is 3. The Labute approximate surface area is 139 Å². The smallest absolute Gasteiger partial charge is 0.156 e. The lowest BCUT2D eigenvalue weighted by Crippen LogP contribution is -2.55.